The van der Waals surface area contributed by atoms with E-state index in [9.17, 15) is 0 Å². The molecule has 0 radical (unpaired) electrons. The van der Waals surface area contributed by atoms with Crippen LogP contribution in [0.2, 0.25) is 0 Å². The number of benzene rings is 7. The van der Waals surface area contributed by atoms with Crippen LogP contribution in [0.3, 0.4) is 0 Å². The molecule has 0 fully saturated rings. The van der Waals surface area contributed by atoms with Crippen LogP contribution in [-0.4, -0.2) is 4.98 Å². The monoisotopic (exact) mass is 602 g/mol. The van der Waals surface area contributed by atoms with Gasteiger partial charge in [0.25, 0.3) is 0 Å². The summed E-state index contributed by atoms with van der Waals surface area (Å²) in [5.74, 6) is 0. The Morgan fingerprint density at radius 2 is 1.13 bits per heavy atom. The Morgan fingerprint density at radius 3 is 2.06 bits per heavy atom. The molecule has 0 amide bonds. The maximum atomic E-state index is 6.38. The van der Waals surface area contributed by atoms with Crippen molar-refractivity contribution in [1.29, 1.82) is 0 Å². The minimum Gasteiger partial charge on any atom is -0.456 e. The van der Waals surface area contributed by atoms with E-state index in [-0.39, 0.29) is 0 Å². The van der Waals surface area contributed by atoms with E-state index in [0.717, 1.165) is 82.5 Å². The topological polar surface area (TPSA) is 42.4 Å². The Hall–Kier alpha value is -6.39. The van der Waals surface area contributed by atoms with Crippen LogP contribution in [-0.2, 0) is 0 Å². The Kier molecular flexibility index (Phi) is 5.54. The number of hydrogen-bond acceptors (Lipinski definition) is 4. The van der Waals surface area contributed by atoms with Gasteiger partial charge in [0.1, 0.15) is 16.7 Å². The Bertz CT molecular complexity index is 2810. The maximum Gasteiger partial charge on any atom is 0.227 e. The number of furan rings is 2. The van der Waals surface area contributed by atoms with Gasteiger partial charge in [-0.05, 0) is 87.9 Å². The minimum absolute atomic E-state index is 0.661. The highest BCUT2D eigenvalue weighted by atomic mass is 16.3. The highest BCUT2D eigenvalue weighted by Crippen LogP contribution is 2.42. The van der Waals surface area contributed by atoms with E-state index in [1.165, 1.54) is 5.56 Å². The molecule has 0 spiro atoms. The van der Waals surface area contributed by atoms with Gasteiger partial charge >= 0.3 is 0 Å². The lowest BCUT2D eigenvalue weighted by Crippen LogP contribution is -2.10. The number of pyridine rings is 1. The smallest absolute Gasteiger partial charge is 0.227 e. The molecule has 0 N–H and O–H groups in total. The highest BCUT2D eigenvalue weighted by molar-refractivity contribution is 6.23. The molecule has 0 aliphatic heterocycles. The first kappa shape index (κ1) is 25.9. The molecule has 10 aromatic rings. The summed E-state index contributed by atoms with van der Waals surface area (Å²) in [6, 6.07) is 53.4. The van der Waals surface area contributed by atoms with Crippen LogP contribution in [0.5, 0.6) is 0 Å². The van der Waals surface area contributed by atoms with Crippen molar-refractivity contribution in [2.75, 3.05) is 4.90 Å². The summed E-state index contributed by atoms with van der Waals surface area (Å²) in [7, 11) is 0. The number of hydrogen-bond donors (Lipinski definition) is 0. The molecule has 0 aliphatic rings. The van der Waals surface area contributed by atoms with E-state index < -0.39 is 0 Å². The van der Waals surface area contributed by atoms with Crippen LogP contribution < -0.4 is 4.90 Å². The van der Waals surface area contributed by atoms with Crippen molar-refractivity contribution in [3.63, 3.8) is 0 Å². The summed E-state index contributed by atoms with van der Waals surface area (Å²) >= 11 is 0. The van der Waals surface area contributed by atoms with Crippen molar-refractivity contribution in [3.05, 3.63) is 158 Å². The number of anilines is 3. The summed E-state index contributed by atoms with van der Waals surface area (Å²) in [4.78, 5) is 6.81. The van der Waals surface area contributed by atoms with Crippen molar-refractivity contribution >= 4 is 82.6 Å². The third kappa shape index (κ3) is 4.05. The molecule has 7 aromatic carbocycles. The lowest BCUT2D eigenvalue weighted by molar-refractivity contribution is 0.658. The normalized spacial score (nSPS) is 11.8. The zero-order chi connectivity index (χ0) is 30.9. The minimum atomic E-state index is 0.661. The van der Waals surface area contributed by atoms with E-state index in [0.29, 0.717) is 5.71 Å². The SMILES string of the molecule is c1ccc(-c2cccc(N(c3ccc4c(ccc5ccc6c7cccnc7oc6c54)c3)c3ccc4c(c3)oc3ccccc34)c2)cc1. The molecule has 3 heterocycles. The van der Waals surface area contributed by atoms with Gasteiger partial charge in [0.2, 0.25) is 5.71 Å². The average molecular weight is 603 g/mol. The van der Waals surface area contributed by atoms with Gasteiger partial charge in [0.15, 0.2) is 0 Å². The lowest BCUT2D eigenvalue weighted by Gasteiger charge is -2.26. The predicted octanol–water partition coefficient (Wildman–Crippen LogP) is 12.3. The van der Waals surface area contributed by atoms with Crippen molar-refractivity contribution in [2.45, 2.75) is 0 Å². The quantitative estimate of drug-likeness (QED) is 0.188. The largest absolute Gasteiger partial charge is 0.456 e. The van der Waals surface area contributed by atoms with Crippen LogP contribution in [0.25, 0.3) is 76.7 Å². The maximum absolute atomic E-state index is 6.38. The number of nitrogens with zero attached hydrogens (tertiary/aromatic N) is 2. The fourth-order valence-electron chi connectivity index (χ4n) is 7.10. The van der Waals surface area contributed by atoms with Gasteiger partial charge in [-0.3, -0.25) is 0 Å². The number of para-hydroxylation sites is 1. The molecule has 47 heavy (non-hydrogen) atoms. The second-order valence-electron chi connectivity index (χ2n) is 12.0. The summed E-state index contributed by atoms with van der Waals surface area (Å²) in [6.07, 6.45) is 1.78. The third-order valence-electron chi connectivity index (χ3n) is 9.29. The average Bonchev–Trinajstić information content (AvgIpc) is 3.70. The predicted molar refractivity (Wildman–Crippen MR) is 194 cm³/mol. The molecule has 0 saturated heterocycles. The van der Waals surface area contributed by atoms with E-state index in [1.807, 2.05) is 18.2 Å². The molecule has 0 bridgehead atoms. The molecule has 0 aliphatic carbocycles. The van der Waals surface area contributed by atoms with Gasteiger partial charge in [-0.2, -0.15) is 0 Å². The standard InChI is InChI=1S/C43H26N2O2/c1-2-8-27(9-3-1)29-10-6-11-31(24-29)45(33-19-22-36-35-12-4-5-14-39(35)46-40(36)26-33)32-18-21-34-30(25-32)16-15-28-17-20-37-38-13-7-23-44-43(38)47-42(37)41(28)34/h1-26H. The number of rotatable bonds is 4. The van der Waals surface area contributed by atoms with Crippen LogP contribution in [0, 0.1) is 0 Å². The van der Waals surface area contributed by atoms with Crippen molar-refractivity contribution in [2.24, 2.45) is 0 Å². The second-order valence-corrected chi connectivity index (χ2v) is 12.0. The first-order valence-corrected chi connectivity index (χ1v) is 15.8. The van der Waals surface area contributed by atoms with Gasteiger partial charge in [-0.25, -0.2) is 4.98 Å². The third-order valence-corrected chi connectivity index (χ3v) is 9.29. The number of aromatic nitrogens is 1. The Labute approximate surface area is 269 Å². The summed E-state index contributed by atoms with van der Waals surface area (Å²) in [6.45, 7) is 0. The van der Waals surface area contributed by atoms with Crippen LogP contribution >= 0.6 is 0 Å². The first-order chi connectivity index (χ1) is 23.3. The molecule has 0 unspecified atom stereocenters. The lowest BCUT2D eigenvalue weighted by atomic mass is 9.98. The van der Waals surface area contributed by atoms with Gasteiger partial charge in [0, 0.05) is 56.3 Å². The second kappa shape index (κ2) is 10.1. The first-order valence-electron chi connectivity index (χ1n) is 15.8. The fourth-order valence-corrected chi connectivity index (χ4v) is 7.10. The van der Waals surface area contributed by atoms with Crippen LogP contribution in [0.1, 0.15) is 0 Å². The molecular formula is C43H26N2O2. The molecular weight excluding hydrogens is 576 g/mol. The van der Waals surface area contributed by atoms with Gasteiger partial charge in [-0.15, -0.1) is 0 Å². The zero-order valence-electron chi connectivity index (χ0n) is 25.2. The van der Waals surface area contributed by atoms with E-state index in [4.69, 9.17) is 8.83 Å². The van der Waals surface area contributed by atoms with Gasteiger partial charge in [-0.1, -0.05) is 84.9 Å². The summed E-state index contributed by atoms with van der Waals surface area (Å²) in [5.41, 5.74) is 8.76. The van der Waals surface area contributed by atoms with Gasteiger partial charge in [0.05, 0.1) is 0 Å². The molecule has 3 aromatic heterocycles. The van der Waals surface area contributed by atoms with Crippen LogP contribution in [0.4, 0.5) is 17.1 Å². The summed E-state index contributed by atoms with van der Waals surface area (Å²) < 4.78 is 12.7. The van der Waals surface area contributed by atoms with E-state index in [2.05, 4.69) is 143 Å². The van der Waals surface area contributed by atoms with Crippen molar-refractivity contribution < 1.29 is 8.83 Å². The molecule has 0 saturated carbocycles. The molecule has 0 atom stereocenters. The van der Waals surface area contributed by atoms with E-state index >= 15 is 0 Å². The molecule has 4 heteroatoms. The van der Waals surface area contributed by atoms with Gasteiger partial charge < -0.3 is 13.7 Å². The van der Waals surface area contributed by atoms with Crippen molar-refractivity contribution in [1.82, 2.24) is 4.98 Å². The molecule has 220 valence electrons. The van der Waals surface area contributed by atoms with Crippen LogP contribution in [0.15, 0.2) is 167 Å². The molecule has 4 nitrogen and oxygen atoms in total. The zero-order valence-corrected chi connectivity index (χ0v) is 25.2. The fraction of sp³-hybridized carbons (Fsp3) is 0. The Morgan fingerprint density at radius 1 is 0.426 bits per heavy atom. The molecule has 10 rings (SSSR count). The van der Waals surface area contributed by atoms with Crippen molar-refractivity contribution in [3.8, 4) is 11.1 Å². The Balaban J connectivity index is 1.20. The summed E-state index contributed by atoms with van der Waals surface area (Å²) in [5, 5.41) is 8.85. The highest BCUT2D eigenvalue weighted by Gasteiger charge is 2.18. The van der Waals surface area contributed by atoms with E-state index in [1.54, 1.807) is 6.20 Å². The number of fused-ring (bicyclic) bond motifs is 10.